The first-order valence-corrected chi connectivity index (χ1v) is 4.97. The maximum atomic E-state index is 5.52. The molecule has 2 N–H and O–H groups in total. The van der Waals surface area contributed by atoms with Gasteiger partial charge in [0.15, 0.2) is 6.61 Å². The highest BCUT2D eigenvalue weighted by atomic mass is 16.5. The van der Waals surface area contributed by atoms with Gasteiger partial charge in [-0.15, -0.1) is 10.2 Å². The molecule has 2 rings (SSSR count). The van der Waals surface area contributed by atoms with Crippen molar-refractivity contribution < 1.29 is 4.74 Å². The fraction of sp³-hybridized carbons (Fsp3) is 0.300. The van der Waals surface area contributed by atoms with E-state index in [1.807, 2.05) is 31.3 Å². The Morgan fingerprint density at radius 3 is 3.12 bits per heavy atom. The van der Waals surface area contributed by atoms with Crippen LogP contribution in [0.3, 0.4) is 0 Å². The van der Waals surface area contributed by atoms with Crippen molar-refractivity contribution in [3.8, 4) is 5.75 Å². The van der Waals surface area contributed by atoms with Crippen LogP contribution in [0.4, 0.5) is 0 Å². The van der Waals surface area contributed by atoms with E-state index < -0.39 is 0 Å². The molecule has 0 fully saturated rings. The first-order valence-electron chi connectivity index (χ1n) is 4.97. The summed E-state index contributed by atoms with van der Waals surface area (Å²) in [5.74, 6) is 1.34. The van der Waals surface area contributed by atoms with Gasteiger partial charge in [-0.25, -0.2) is 0 Å². The molecule has 6 heteroatoms. The Kier molecular flexibility index (Phi) is 3.45. The lowest BCUT2D eigenvalue weighted by atomic mass is 10.2. The minimum atomic E-state index is 0.319. The minimum Gasteiger partial charge on any atom is -0.485 e. The average Bonchev–Trinajstić information content (AvgIpc) is 2.80. The van der Waals surface area contributed by atoms with E-state index in [0.717, 1.165) is 12.3 Å². The van der Waals surface area contributed by atoms with Gasteiger partial charge in [0.1, 0.15) is 5.75 Å². The van der Waals surface area contributed by atoms with Gasteiger partial charge in [0, 0.05) is 6.54 Å². The Labute approximate surface area is 93.0 Å². The van der Waals surface area contributed by atoms with Gasteiger partial charge in [-0.2, -0.15) is 5.21 Å². The number of benzene rings is 1. The standard InChI is InChI=1S/C10H13N5O/c1-11-6-8-3-2-4-9(5-8)16-7-10-12-14-15-13-10/h2-5,11H,6-7H2,1H3,(H,12,13,14,15). The SMILES string of the molecule is CNCc1cccc(OCc2nn[nH]n2)c1. The summed E-state index contributed by atoms with van der Waals surface area (Å²) in [6.45, 7) is 1.14. The molecule has 1 heterocycles. The van der Waals surface area contributed by atoms with Crippen molar-refractivity contribution in [1.29, 1.82) is 0 Å². The Bertz CT molecular complexity index is 429. The molecule has 0 saturated heterocycles. The molecule has 0 aliphatic heterocycles. The zero-order valence-electron chi connectivity index (χ0n) is 8.97. The van der Waals surface area contributed by atoms with Gasteiger partial charge >= 0.3 is 0 Å². The van der Waals surface area contributed by atoms with Crippen molar-refractivity contribution in [3.05, 3.63) is 35.7 Å². The maximum absolute atomic E-state index is 5.52. The molecule has 1 aromatic carbocycles. The second kappa shape index (κ2) is 5.22. The quantitative estimate of drug-likeness (QED) is 0.765. The first kappa shape index (κ1) is 10.6. The van der Waals surface area contributed by atoms with Gasteiger partial charge in [-0.1, -0.05) is 17.3 Å². The summed E-state index contributed by atoms with van der Waals surface area (Å²) in [7, 11) is 1.91. The highest BCUT2D eigenvalue weighted by molar-refractivity contribution is 5.28. The van der Waals surface area contributed by atoms with E-state index in [0.29, 0.717) is 12.4 Å². The number of rotatable bonds is 5. The highest BCUT2D eigenvalue weighted by Gasteiger charge is 2.00. The van der Waals surface area contributed by atoms with E-state index in [1.165, 1.54) is 5.56 Å². The number of nitrogens with one attached hydrogen (secondary N) is 2. The number of aromatic amines is 1. The van der Waals surface area contributed by atoms with Gasteiger partial charge in [0.25, 0.3) is 0 Å². The van der Waals surface area contributed by atoms with E-state index >= 15 is 0 Å². The van der Waals surface area contributed by atoms with Gasteiger partial charge in [0.05, 0.1) is 0 Å². The number of ether oxygens (including phenoxy) is 1. The summed E-state index contributed by atoms with van der Waals surface area (Å²) in [5.41, 5.74) is 1.17. The second-order valence-corrected chi connectivity index (χ2v) is 3.29. The lowest BCUT2D eigenvalue weighted by Crippen LogP contribution is -2.05. The summed E-state index contributed by atoms with van der Waals surface area (Å²) in [6.07, 6.45) is 0. The normalized spacial score (nSPS) is 10.3. The molecule has 16 heavy (non-hydrogen) atoms. The molecule has 0 radical (unpaired) electrons. The highest BCUT2D eigenvalue weighted by Crippen LogP contribution is 2.13. The van der Waals surface area contributed by atoms with E-state index in [1.54, 1.807) is 0 Å². The van der Waals surface area contributed by atoms with Crippen LogP contribution < -0.4 is 10.1 Å². The van der Waals surface area contributed by atoms with Crippen molar-refractivity contribution >= 4 is 0 Å². The van der Waals surface area contributed by atoms with E-state index in [-0.39, 0.29) is 0 Å². The lowest BCUT2D eigenvalue weighted by Gasteiger charge is -2.05. The largest absolute Gasteiger partial charge is 0.485 e. The van der Waals surface area contributed by atoms with Gasteiger partial charge in [-0.05, 0) is 24.7 Å². The van der Waals surface area contributed by atoms with E-state index in [9.17, 15) is 0 Å². The predicted molar refractivity (Wildman–Crippen MR) is 57.7 cm³/mol. The monoisotopic (exact) mass is 219 g/mol. The number of nitrogens with zero attached hydrogens (tertiary/aromatic N) is 3. The number of aromatic nitrogens is 4. The molecule has 0 aliphatic carbocycles. The van der Waals surface area contributed by atoms with Crippen LogP contribution in [-0.2, 0) is 13.2 Å². The van der Waals surface area contributed by atoms with Crippen molar-refractivity contribution in [2.24, 2.45) is 0 Å². The van der Waals surface area contributed by atoms with E-state index in [2.05, 4.69) is 25.9 Å². The third kappa shape index (κ3) is 2.77. The second-order valence-electron chi connectivity index (χ2n) is 3.29. The molecule has 1 aromatic heterocycles. The van der Waals surface area contributed by atoms with Gasteiger partial charge < -0.3 is 10.1 Å². The van der Waals surface area contributed by atoms with Crippen molar-refractivity contribution in [2.75, 3.05) is 7.05 Å². The van der Waals surface area contributed by atoms with Crippen LogP contribution in [0, 0.1) is 0 Å². The molecule has 84 valence electrons. The van der Waals surface area contributed by atoms with Gasteiger partial charge in [-0.3, -0.25) is 0 Å². The smallest absolute Gasteiger partial charge is 0.211 e. The van der Waals surface area contributed by atoms with Crippen LogP contribution in [0.25, 0.3) is 0 Å². The Morgan fingerprint density at radius 1 is 1.44 bits per heavy atom. The zero-order chi connectivity index (χ0) is 11.2. The van der Waals surface area contributed by atoms with E-state index in [4.69, 9.17) is 4.74 Å². The molecule has 0 atom stereocenters. The first-order chi connectivity index (χ1) is 7.88. The molecular weight excluding hydrogens is 206 g/mol. The molecule has 6 nitrogen and oxygen atoms in total. The van der Waals surface area contributed by atoms with Crippen LogP contribution in [0.5, 0.6) is 5.75 Å². The third-order valence-electron chi connectivity index (χ3n) is 2.04. The van der Waals surface area contributed by atoms with Crippen LogP contribution in [0.1, 0.15) is 11.4 Å². The summed E-state index contributed by atoms with van der Waals surface area (Å²) in [6, 6.07) is 7.88. The average molecular weight is 219 g/mol. The molecule has 0 spiro atoms. The number of hydrogen-bond donors (Lipinski definition) is 2. The van der Waals surface area contributed by atoms with Crippen LogP contribution in [0.15, 0.2) is 24.3 Å². The summed E-state index contributed by atoms with van der Waals surface area (Å²) in [4.78, 5) is 0. The fourth-order valence-electron chi connectivity index (χ4n) is 1.34. The fourth-order valence-corrected chi connectivity index (χ4v) is 1.34. The summed E-state index contributed by atoms with van der Waals surface area (Å²) in [5, 5.41) is 16.5. The topological polar surface area (TPSA) is 75.7 Å². The molecule has 0 aliphatic rings. The molecule has 0 amide bonds. The van der Waals surface area contributed by atoms with Gasteiger partial charge in [0.2, 0.25) is 5.82 Å². The maximum Gasteiger partial charge on any atom is 0.211 e. The molecule has 2 aromatic rings. The minimum absolute atomic E-state index is 0.319. The molecule has 0 saturated carbocycles. The Balaban J connectivity index is 1.96. The lowest BCUT2D eigenvalue weighted by molar-refractivity contribution is 0.295. The number of hydrogen-bond acceptors (Lipinski definition) is 5. The van der Waals surface area contributed by atoms with Crippen molar-refractivity contribution in [1.82, 2.24) is 25.9 Å². The zero-order valence-corrected chi connectivity index (χ0v) is 8.97. The van der Waals surface area contributed by atoms with Crippen molar-refractivity contribution in [3.63, 3.8) is 0 Å². The molecular formula is C10H13N5O. The predicted octanol–water partition coefficient (Wildman–Crippen LogP) is 0.498. The van der Waals surface area contributed by atoms with Crippen molar-refractivity contribution in [2.45, 2.75) is 13.2 Å². The Morgan fingerprint density at radius 2 is 2.38 bits per heavy atom. The van der Waals surface area contributed by atoms with Crippen LogP contribution >= 0.6 is 0 Å². The number of tetrazole rings is 1. The summed E-state index contributed by atoms with van der Waals surface area (Å²) >= 11 is 0. The Hall–Kier alpha value is -1.95. The third-order valence-corrected chi connectivity index (χ3v) is 2.04. The molecule has 0 unspecified atom stereocenters. The van der Waals surface area contributed by atoms with Crippen LogP contribution in [-0.4, -0.2) is 27.7 Å². The molecule has 0 bridgehead atoms. The summed E-state index contributed by atoms with van der Waals surface area (Å²) < 4.78 is 5.52. The number of H-pyrrole nitrogens is 1. The van der Waals surface area contributed by atoms with Crippen LogP contribution in [0.2, 0.25) is 0 Å².